The first-order valence-electron chi connectivity index (χ1n) is 12.7. The van der Waals surface area contributed by atoms with Crippen molar-refractivity contribution in [1.29, 1.82) is 0 Å². The zero-order valence-electron chi connectivity index (χ0n) is 22.7. The van der Waals surface area contributed by atoms with E-state index in [1.807, 2.05) is 37.3 Å². The molecule has 0 saturated carbocycles. The van der Waals surface area contributed by atoms with E-state index in [1.54, 1.807) is 31.4 Å². The number of hydrogen-bond acceptors (Lipinski definition) is 6. The molecule has 0 spiro atoms. The zero-order valence-corrected chi connectivity index (χ0v) is 22.7. The number of amides is 1. The molecule has 2 heterocycles. The van der Waals surface area contributed by atoms with Crippen LogP contribution in [0.2, 0.25) is 0 Å². The number of benzene rings is 2. The summed E-state index contributed by atoms with van der Waals surface area (Å²) in [5, 5.41) is 4.07. The molecule has 8 nitrogen and oxygen atoms in total. The average molecular weight is 528 g/mol. The summed E-state index contributed by atoms with van der Waals surface area (Å²) in [5.41, 5.74) is 7.56. The van der Waals surface area contributed by atoms with Gasteiger partial charge in [-0.15, -0.1) is 6.58 Å². The summed E-state index contributed by atoms with van der Waals surface area (Å²) >= 11 is 0. The number of carbonyl (C=O) groups excluding carboxylic acids is 1. The van der Waals surface area contributed by atoms with E-state index < -0.39 is 5.91 Å². The van der Waals surface area contributed by atoms with Gasteiger partial charge in [0.25, 0.3) is 0 Å². The Hall–Kier alpha value is -4.72. The van der Waals surface area contributed by atoms with Gasteiger partial charge in [-0.25, -0.2) is 5.43 Å². The van der Waals surface area contributed by atoms with Crippen molar-refractivity contribution in [2.75, 3.05) is 13.7 Å². The van der Waals surface area contributed by atoms with E-state index in [2.05, 4.69) is 47.7 Å². The highest BCUT2D eigenvalue weighted by Crippen LogP contribution is 2.33. The van der Waals surface area contributed by atoms with Crippen LogP contribution in [0.3, 0.4) is 0 Å². The number of methoxy groups -OCH3 is 1. The van der Waals surface area contributed by atoms with E-state index in [0.717, 1.165) is 16.8 Å². The van der Waals surface area contributed by atoms with Gasteiger partial charge in [-0.2, -0.15) is 5.10 Å². The van der Waals surface area contributed by atoms with Gasteiger partial charge in [-0.3, -0.25) is 4.79 Å². The molecular formula is C31H33N3O5. The lowest BCUT2D eigenvalue weighted by molar-refractivity contribution is 0.0923. The fourth-order valence-electron chi connectivity index (χ4n) is 4.24. The molecule has 4 rings (SSSR count). The van der Waals surface area contributed by atoms with Gasteiger partial charge in [-0.1, -0.05) is 6.08 Å². The Morgan fingerprint density at radius 3 is 2.46 bits per heavy atom. The minimum absolute atomic E-state index is 0.135. The zero-order chi connectivity index (χ0) is 27.8. The summed E-state index contributed by atoms with van der Waals surface area (Å²) in [5.74, 6) is 2.16. The highest BCUT2D eigenvalue weighted by Gasteiger charge is 2.13. The van der Waals surface area contributed by atoms with Crippen LogP contribution in [-0.2, 0) is 13.0 Å². The van der Waals surface area contributed by atoms with Gasteiger partial charge in [0.15, 0.2) is 17.3 Å². The second-order valence-electron chi connectivity index (χ2n) is 8.84. The normalized spacial score (nSPS) is 11.0. The summed E-state index contributed by atoms with van der Waals surface area (Å²) in [7, 11) is 1.58. The molecule has 0 aliphatic heterocycles. The second kappa shape index (κ2) is 12.7. The van der Waals surface area contributed by atoms with Crippen molar-refractivity contribution in [3.05, 3.63) is 107 Å². The summed E-state index contributed by atoms with van der Waals surface area (Å²) in [4.78, 5) is 12.5. The van der Waals surface area contributed by atoms with Crippen LogP contribution in [0.1, 0.15) is 45.8 Å². The van der Waals surface area contributed by atoms with E-state index in [0.29, 0.717) is 36.0 Å². The number of furan rings is 1. The Morgan fingerprint density at radius 2 is 1.79 bits per heavy atom. The van der Waals surface area contributed by atoms with Crippen LogP contribution in [0, 0.1) is 13.8 Å². The summed E-state index contributed by atoms with van der Waals surface area (Å²) in [6, 6.07) is 19.0. The van der Waals surface area contributed by atoms with Crippen LogP contribution in [0.25, 0.3) is 5.69 Å². The summed E-state index contributed by atoms with van der Waals surface area (Å²) in [6.45, 7) is 10.6. The number of hydrazone groups is 1. The Balaban J connectivity index is 1.34. The predicted molar refractivity (Wildman–Crippen MR) is 151 cm³/mol. The number of nitrogens with one attached hydrogen (secondary N) is 1. The van der Waals surface area contributed by atoms with Gasteiger partial charge in [0.2, 0.25) is 0 Å². The number of ether oxygens (including phenoxy) is 3. The quantitative estimate of drug-likeness (QED) is 0.135. The first kappa shape index (κ1) is 27.3. The monoisotopic (exact) mass is 527 g/mol. The first-order valence-corrected chi connectivity index (χ1v) is 12.7. The molecule has 2 aromatic heterocycles. The number of aromatic nitrogens is 1. The van der Waals surface area contributed by atoms with Gasteiger partial charge >= 0.3 is 5.91 Å². The predicted octanol–water partition coefficient (Wildman–Crippen LogP) is 6.17. The molecule has 0 saturated heterocycles. The maximum atomic E-state index is 12.5. The Kier molecular flexibility index (Phi) is 8.89. The van der Waals surface area contributed by atoms with Gasteiger partial charge in [-0.05, 0) is 93.4 Å². The van der Waals surface area contributed by atoms with Crippen molar-refractivity contribution in [2.24, 2.45) is 5.10 Å². The van der Waals surface area contributed by atoms with Crippen LogP contribution >= 0.6 is 0 Å². The molecule has 4 aromatic rings. The Morgan fingerprint density at radius 1 is 1.05 bits per heavy atom. The molecule has 0 unspecified atom stereocenters. The minimum atomic E-state index is -0.469. The topological polar surface area (TPSA) is 87.2 Å². The van der Waals surface area contributed by atoms with Crippen LogP contribution in [0.5, 0.6) is 17.2 Å². The van der Waals surface area contributed by atoms with Crippen LogP contribution in [0.15, 0.2) is 82.8 Å². The second-order valence-corrected chi connectivity index (χ2v) is 8.84. The number of carbonyl (C=O) groups is 1. The average Bonchev–Trinajstić information content (AvgIpc) is 3.55. The van der Waals surface area contributed by atoms with E-state index >= 15 is 0 Å². The molecule has 1 amide bonds. The SMILES string of the molecule is C=CCc1cc(/C=N/NC(=O)c2ccc(COc3ccc(-n4c(C)ccc4C)cc3)o2)cc(OC)c1OCC. The van der Waals surface area contributed by atoms with Gasteiger partial charge in [0, 0.05) is 22.6 Å². The van der Waals surface area contributed by atoms with Gasteiger partial charge in [0.05, 0.1) is 19.9 Å². The maximum Gasteiger partial charge on any atom is 0.307 e. The summed E-state index contributed by atoms with van der Waals surface area (Å²) in [6.07, 6.45) is 3.93. The number of nitrogens with zero attached hydrogens (tertiary/aromatic N) is 2. The maximum absolute atomic E-state index is 12.5. The van der Waals surface area contributed by atoms with E-state index in [9.17, 15) is 4.79 Å². The van der Waals surface area contributed by atoms with Gasteiger partial charge in [0.1, 0.15) is 18.1 Å². The Labute approximate surface area is 228 Å². The Bertz CT molecular complexity index is 1440. The molecule has 202 valence electrons. The van der Waals surface area contributed by atoms with Crippen LogP contribution < -0.4 is 19.6 Å². The van der Waals surface area contributed by atoms with E-state index in [4.69, 9.17) is 18.6 Å². The lowest BCUT2D eigenvalue weighted by Gasteiger charge is -2.14. The highest BCUT2D eigenvalue weighted by molar-refractivity contribution is 5.92. The number of aryl methyl sites for hydroxylation is 2. The third-order valence-electron chi connectivity index (χ3n) is 6.04. The minimum Gasteiger partial charge on any atom is -0.493 e. The largest absolute Gasteiger partial charge is 0.493 e. The highest BCUT2D eigenvalue weighted by atomic mass is 16.5. The smallest absolute Gasteiger partial charge is 0.307 e. The fourth-order valence-corrected chi connectivity index (χ4v) is 4.24. The van der Waals surface area contributed by atoms with Crippen molar-refractivity contribution in [3.8, 4) is 22.9 Å². The molecule has 0 aliphatic rings. The van der Waals surface area contributed by atoms with E-state index in [1.165, 1.54) is 17.6 Å². The van der Waals surface area contributed by atoms with Crippen molar-refractivity contribution in [2.45, 2.75) is 33.8 Å². The molecule has 0 aliphatic carbocycles. The number of rotatable bonds is 12. The molecule has 0 bridgehead atoms. The molecule has 0 atom stereocenters. The molecule has 0 fully saturated rings. The van der Waals surface area contributed by atoms with Gasteiger partial charge < -0.3 is 23.2 Å². The molecule has 8 heteroatoms. The molecule has 39 heavy (non-hydrogen) atoms. The van der Waals surface area contributed by atoms with E-state index in [-0.39, 0.29) is 12.4 Å². The molecule has 0 radical (unpaired) electrons. The van der Waals surface area contributed by atoms with Crippen molar-refractivity contribution < 1.29 is 23.4 Å². The van der Waals surface area contributed by atoms with Crippen LogP contribution in [0.4, 0.5) is 0 Å². The molecule has 1 N–H and O–H groups in total. The lowest BCUT2D eigenvalue weighted by atomic mass is 10.1. The molecular weight excluding hydrogens is 494 g/mol. The van der Waals surface area contributed by atoms with Crippen molar-refractivity contribution in [1.82, 2.24) is 9.99 Å². The standard InChI is InChI=1S/C31H33N3O5/c1-6-8-24-17-23(18-29(36-5)30(24)37-7-2)19-32-33-31(35)28-16-15-27(39-28)20-38-26-13-11-25(12-14-26)34-21(3)9-10-22(34)4/h6,9-19H,1,7-8,20H2,2-5H3,(H,33,35)/b32-19+. The van der Waals surface area contributed by atoms with Crippen molar-refractivity contribution >= 4 is 12.1 Å². The lowest BCUT2D eigenvalue weighted by Crippen LogP contribution is -2.16. The first-order chi connectivity index (χ1) is 18.9. The van der Waals surface area contributed by atoms with Crippen molar-refractivity contribution in [3.63, 3.8) is 0 Å². The number of hydrogen-bond donors (Lipinski definition) is 1. The fraction of sp³-hybridized carbons (Fsp3) is 0.226. The third kappa shape index (κ3) is 6.59. The van der Waals surface area contributed by atoms with Crippen LogP contribution in [-0.4, -0.2) is 30.4 Å². The third-order valence-corrected chi connectivity index (χ3v) is 6.04. The summed E-state index contributed by atoms with van der Waals surface area (Å²) < 4.78 is 24.9. The molecule has 2 aromatic carbocycles. The number of allylic oxidation sites excluding steroid dienone is 1.